The molecule has 1 N–H and O–H groups in total. The van der Waals surface area contributed by atoms with Crippen molar-refractivity contribution in [2.75, 3.05) is 11.9 Å². The molecule has 4 rings (SSSR count). The zero-order valence-electron chi connectivity index (χ0n) is 11.4. The second kappa shape index (κ2) is 4.37. The minimum atomic E-state index is 0.249. The summed E-state index contributed by atoms with van der Waals surface area (Å²) in [6.07, 6.45) is 1.02. The van der Waals surface area contributed by atoms with E-state index in [9.17, 15) is 0 Å². The second-order valence-corrected chi connectivity index (χ2v) is 5.33. The highest BCUT2D eigenvalue weighted by atomic mass is 16.3. The van der Waals surface area contributed by atoms with E-state index < -0.39 is 0 Å². The van der Waals surface area contributed by atoms with Crippen LogP contribution < -0.4 is 5.32 Å². The van der Waals surface area contributed by atoms with Gasteiger partial charge in [-0.25, -0.2) is 4.98 Å². The predicted octanol–water partition coefficient (Wildman–Crippen LogP) is 4.08. The SMILES string of the molecule is Cc1cccc2nc(C3CCNc4ccccc43)oc12. The lowest BCUT2D eigenvalue weighted by molar-refractivity contribution is 0.484. The maximum Gasteiger partial charge on any atom is 0.203 e. The van der Waals surface area contributed by atoms with Gasteiger partial charge in [-0.3, -0.25) is 0 Å². The van der Waals surface area contributed by atoms with Crippen LogP contribution in [0.1, 0.15) is 29.4 Å². The number of hydrogen-bond donors (Lipinski definition) is 1. The van der Waals surface area contributed by atoms with Crippen LogP contribution >= 0.6 is 0 Å². The molecule has 0 aliphatic carbocycles. The fourth-order valence-corrected chi connectivity index (χ4v) is 2.98. The number of aryl methyl sites for hydroxylation is 1. The summed E-state index contributed by atoms with van der Waals surface area (Å²) < 4.78 is 6.06. The van der Waals surface area contributed by atoms with Crippen LogP contribution in [0.4, 0.5) is 5.69 Å². The van der Waals surface area contributed by atoms with Crippen LogP contribution in [0, 0.1) is 6.92 Å². The number of nitrogens with one attached hydrogen (secondary N) is 1. The van der Waals surface area contributed by atoms with E-state index in [0.717, 1.165) is 35.5 Å². The summed E-state index contributed by atoms with van der Waals surface area (Å²) in [5.74, 6) is 1.09. The Bertz CT molecular complexity index is 776. The van der Waals surface area contributed by atoms with Crippen LogP contribution in [0.5, 0.6) is 0 Å². The van der Waals surface area contributed by atoms with Crippen molar-refractivity contribution in [1.82, 2.24) is 4.98 Å². The standard InChI is InChI=1S/C17H16N2O/c1-11-5-4-8-15-16(11)20-17(19-15)13-9-10-18-14-7-3-2-6-12(13)14/h2-8,13,18H,9-10H2,1H3. The van der Waals surface area contributed by atoms with E-state index in [1.807, 2.05) is 12.1 Å². The lowest BCUT2D eigenvalue weighted by Gasteiger charge is -2.24. The molecule has 3 aromatic rings. The van der Waals surface area contributed by atoms with Crippen LogP contribution in [0.25, 0.3) is 11.1 Å². The number of rotatable bonds is 1. The Hall–Kier alpha value is -2.29. The fraction of sp³-hybridized carbons (Fsp3) is 0.235. The van der Waals surface area contributed by atoms with E-state index >= 15 is 0 Å². The molecule has 0 spiro atoms. The number of oxazole rings is 1. The summed E-state index contributed by atoms with van der Waals surface area (Å²) >= 11 is 0. The van der Waals surface area contributed by atoms with Crippen molar-refractivity contribution in [2.24, 2.45) is 0 Å². The molecule has 20 heavy (non-hydrogen) atoms. The van der Waals surface area contributed by atoms with Crippen LogP contribution in [-0.2, 0) is 0 Å². The average molecular weight is 264 g/mol. The zero-order chi connectivity index (χ0) is 13.5. The molecule has 3 nitrogen and oxygen atoms in total. The van der Waals surface area contributed by atoms with Crippen molar-refractivity contribution in [2.45, 2.75) is 19.3 Å². The van der Waals surface area contributed by atoms with E-state index in [-0.39, 0.29) is 5.92 Å². The van der Waals surface area contributed by atoms with Gasteiger partial charge in [0, 0.05) is 12.2 Å². The summed E-state index contributed by atoms with van der Waals surface area (Å²) in [5.41, 5.74) is 5.49. The molecule has 0 saturated heterocycles. The molecule has 1 unspecified atom stereocenters. The molecule has 100 valence electrons. The molecule has 0 bridgehead atoms. The third-order valence-corrected chi connectivity index (χ3v) is 4.01. The molecule has 2 heterocycles. The quantitative estimate of drug-likeness (QED) is 0.719. The van der Waals surface area contributed by atoms with Crippen molar-refractivity contribution < 1.29 is 4.42 Å². The lowest BCUT2D eigenvalue weighted by Crippen LogP contribution is -2.17. The number of hydrogen-bond acceptors (Lipinski definition) is 3. The monoisotopic (exact) mass is 264 g/mol. The van der Waals surface area contributed by atoms with Crippen molar-refractivity contribution in [3.8, 4) is 0 Å². The maximum atomic E-state index is 6.06. The summed E-state index contributed by atoms with van der Waals surface area (Å²) in [6.45, 7) is 3.02. The summed E-state index contributed by atoms with van der Waals surface area (Å²) in [5, 5.41) is 3.44. The van der Waals surface area contributed by atoms with Crippen molar-refractivity contribution >= 4 is 16.8 Å². The molecule has 1 atom stereocenters. The van der Waals surface area contributed by atoms with E-state index in [1.54, 1.807) is 0 Å². The minimum absolute atomic E-state index is 0.249. The van der Waals surface area contributed by atoms with Gasteiger partial charge in [0.05, 0.1) is 5.92 Å². The first-order valence-electron chi connectivity index (χ1n) is 7.02. The first-order valence-corrected chi connectivity index (χ1v) is 7.02. The molecule has 0 radical (unpaired) electrons. The van der Waals surface area contributed by atoms with Gasteiger partial charge < -0.3 is 9.73 Å². The topological polar surface area (TPSA) is 38.1 Å². The van der Waals surface area contributed by atoms with Gasteiger partial charge in [0.2, 0.25) is 5.89 Å². The van der Waals surface area contributed by atoms with Gasteiger partial charge in [0.1, 0.15) is 5.52 Å². The number of fused-ring (bicyclic) bond motifs is 2. The maximum absolute atomic E-state index is 6.06. The number of benzene rings is 2. The Labute approximate surface area is 117 Å². The number of para-hydroxylation sites is 2. The van der Waals surface area contributed by atoms with Crippen LogP contribution in [0.3, 0.4) is 0 Å². The number of aromatic nitrogens is 1. The molecular weight excluding hydrogens is 248 g/mol. The van der Waals surface area contributed by atoms with Crippen LogP contribution in [0.15, 0.2) is 46.9 Å². The van der Waals surface area contributed by atoms with Crippen molar-refractivity contribution in [3.63, 3.8) is 0 Å². The van der Waals surface area contributed by atoms with Crippen LogP contribution in [0.2, 0.25) is 0 Å². The molecular formula is C17H16N2O. The Morgan fingerprint density at radius 1 is 1.15 bits per heavy atom. The normalized spacial score (nSPS) is 17.8. The molecule has 0 amide bonds. The summed E-state index contributed by atoms with van der Waals surface area (Å²) in [4.78, 5) is 4.70. The summed E-state index contributed by atoms with van der Waals surface area (Å²) in [7, 11) is 0. The largest absolute Gasteiger partial charge is 0.440 e. The molecule has 2 aromatic carbocycles. The van der Waals surface area contributed by atoms with Gasteiger partial charge >= 0.3 is 0 Å². The second-order valence-electron chi connectivity index (χ2n) is 5.33. The molecule has 1 aliphatic heterocycles. The van der Waals surface area contributed by atoms with Crippen molar-refractivity contribution in [3.05, 3.63) is 59.5 Å². The Kier molecular flexibility index (Phi) is 2.52. The third-order valence-electron chi connectivity index (χ3n) is 4.01. The Morgan fingerprint density at radius 3 is 2.95 bits per heavy atom. The van der Waals surface area contributed by atoms with Crippen molar-refractivity contribution in [1.29, 1.82) is 0 Å². The fourth-order valence-electron chi connectivity index (χ4n) is 2.98. The smallest absolute Gasteiger partial charge is 0.203 e. The first kappa shape index (κ1) is 11.5. The highest BCUT2D eigenvalue weighted by Crippen LogP contribution is 2.37. The number of anilines is 1. The van der Waals surface area contributed by atoms with E-state index in [1.165, 1.54) is 11.3 Å². The Balaban J connectivity index is 1.86. The first-order chi connectivity index (χ1) is 9.83. The van der Waals surface area contributed by atoms with Gasteiger partial charge in [0.25, 0.3) is 0 Å². The molecule has 3 heteroatoms. The average Bonchev–Trinajstić information content (AvgIpc) is 2.92. The molecule has 0 saturated carbocycles. The van der Waals surface area contributed by atoms with Crippen LogP contribution in [-0.4, -0.2) is 11.5 Å². The molecule has 0 fully saturated rings. The van der Waals surface area contributed by atoms with Gasteiger partial charge in [-0.05, 0) is 36.6 Å². The molecule has 1 aromatic heterocycles. The van der Waals surface area contributed by atoms with Gasteiger partial charge in [0.15, 0.2) is 5.58 Å². The van der Waals surface area contributed by atoms with E-state index in [2.05, 4.69) is 42.6 Å². The van der Waals surface area contributed by atoms with Gasteiger partial charge in [-0.2, -0.15) is 0 Å². The predicted molar refractivity (Wildman–Crippen MR) is 80.1 cm³/mol. The van der Waals surface area contributed by atoms with Gasteiger partial charge in [-0.15, -0.1) is 0 Å². The highest BCUT2D eigenvalue weighted by Gasteiger charge is 2.25. The number of nitrogens with zero attached hydrogens (tertiary/aromatic N) is 1. The van der Waals surface area contributed by atoms with E-state index in [4.69, 9.17) is 9.40 Å². The lowest BCUT2D eigenvalue weighted by atomic mass is 9.91. The molecule has 1 aliphatic rings. The Morgan fingerprint density at radius 2 is 2.05 bits per heavy atom. The highest BCUT2D eigenvalue weighted by molar-refractivity contribution is 5.76. The third kappa shape index (κ3) is 1.70. The zero-order valence-corrected chi connectivity index (χ0v) is 11.4. The van der Waals surface area contributed by atoms with Gasteiger partial charge in [-0.1, -0.05) is 30.3 Å². The minimum Gasteiger partial charge on any atom is -0.440 e. The summed E-state index contributed by atoms with van der Waals surface area (Å²) in [6, 6.07) is 14.5. The van der Waals surface area contributed by atoms with E-state index in [0.29, 0.717) is 0 Å².